The summed E-state index contributed by atoms with van der Waals surface area (Å²) in [7, 11) is -3.83. The highest BCUT2D eigenvalue weighted by atomic mass is 35.5. The van der Waals surface area contributed by atoms with E-state index in [1.807, 2.05) is 0 Å². The number of aliphatic hydroxyl groups is 2. The van der Waals surface area contributed by atoms with Crippen molar-refractivity contribution < 1.29 is 18.6 Å². The molecule has 0 aliphatic rings. The van der Waals surface area contributed by atoms with Crippen molar-refractivity contribution in [3.8, 4) is 0 Å². The molecule has 0 amide bonds. The molecule has 0 fully saturated rings. The highest BCUT2D eigenvalue weighted by Gasteiger charge is 2.33. The Balaban J connectivity index is 3.17. The molecule has 19 heavy (non-hydrogen) atoms. The molecule has 0 saturated carbocycles. The van der Waals surface area contributed by atoms with Crippen molar-refractivity contribution >= 4 is 21.6 Å². The van der Waals surface area contributed by atoms with Crippen molar-refractivity contribution in [3.63, 3.8) is 0 Å². The lowest BCUT2D eigenvalue weighted by atomic mass is 10.0. The van der Waals surface area contributed by atoms with Crippen LogP contribution in [0.5, 0.6) is 0 Å². The van der Waals surface area contributed by atoms with Crippen LogP contribution in [-0.2, 0) is 10.0 Å². The van der Waals surface area contributed by atoms with Gasteiger partial charge in [-0.3, -0.25) is 0 Å². The maximum absolute atomic E-state index is 12.3. The molecule has 0 aromatic heterocycles. The highest BCUT2D eigenvalue weighted by molar-refractivity contribution is 7.89. The van der Waals surface area contributed by atoms with E-state index in [9.17, 15) is 18.6 Å². The summed E-state index contributed by atoms with van der Waals surface area (Å²) in [6.45, 7) is 2.35. The zero-order valence-corrected chi connectivity index (χ0v) is 12.4. The van der Waals surface area contributed by atoms with E-state index < -0.39 is 28.8 Å². The molecule has 7 heteroatoms. The van der Waals surface area contributed by atoms with Gasteiger partial charge in [0.05, 0.1) is 23.6 Å². The van der Waals surface area contributed by atoms with Crippen molar-refractivity contribution in [2.75, 3.05) is 13.2 Å². The van der Waals surface area contributed by atoms with Gasteiger partial charge in [-0.25, -0.2) is 13.1 Å². The Bertz CT molecular complexity index is 532. The molecule has 0 saturated heterocycles. The topological polar surface area (TPSA) is 86.6 Å². The van der Waals surface area contributed by atoms with Gasteiger partial charge in [0.2, 0.25) is 10.0 Å². The Kier molecular flexibility index (Phi) is 5.34. The number of benzene rings is 1. The first-order chi connectivity index (χ1) is 8.80. The number of halogens is 1. The van der Waals surface area contributed by atoms with E-state index in [4.69, 9.17) is 11.6 Å². The van der Waals surface area contributed by atoms with Crippen molar-refractivity contribution in [3.05, 3.63) is 28.8 Å². The van der Waals surface area contributed by atoms with E-state index in [-0.39, 0.29) is 11.3 Å². The molecule has 1 aromatic rings. The first kappa shape index (κ1) is 16.4. The quantitative estimate of drug-likeness (QED) is 0.733. The lowest BCUT2D eigenvalue weighted by molar-refractivity contribution is 0.105. The lowest BCUT2D eigenvalue weighted by Gasteiger charge is -2.29. The number of aliphatic hydroxyl groups excluding tert-OH is 2. The van der Waals surface area contributed by atoms with Gasteiger partial charge in [0.25, 0.3) is 0 Å². The molecule has 1 aromatic carbocycles. The number of hydrogen-bond donors (Lipinski definition) is 3. The van der Waals surface area contributed by atoms with Gasteiger partial charge >= 0.3 is 0 Å². The predicted molar refractivity (Wildman–Crippen MR) is 73.7 cm³/mol. The summed E-state index contributed by atoms with van der Waals surface area (Å²) < 4.78 is 26.9. The number of nitrogens with one attached hydrogen (secondary N) is 1. The van der Waals surface area contributed by atoms with Gasteiger partial charge in [-0.2, -0.15) is 0 Å². The van der Waals surface area contributed by atoms with E-state index in [1.165, 1.54) is 12.1 Å². The molecule has 0 spiro atoms. The predicted octanol–water partition coefficient (Wildman–Crippen LogP) is 1.06. The van der Waals surface area contributed by atoms with E-state index in [2.05, 4.69) is 4.72 Å². The summed E-state index contributed by atoms with van der Waals surface area (Å²) in [5, 5.41) is 19.0. The van der Waals surface area contributed by atoms with Crippen LogP contribution in [-0.4, -0.2) is 37.4 Å². The molecule has 108 valence electrons. The molecule has 0 bridgehead atoms. The molecule has 0 radical (unpaired) electrons. The van der Waals surface area contributed by atoms with E-state index >= 15 is 0 Å². The van der Waals surface area contributed by atoms with Gasteiger partial charge in [0.15, 0.2) is 0 Å². The van der Waals surface area contributed by atoms with Crippen molar-refractivity contribution in [1.29, 1.82) is 0 Å². The minimum Gasteiger partial charge on any atom is -0.394 e. The van der Waals surface area contributed by atoms with Gasteiger partial charge in [0, 0.05) is 5.02 Å². The summed E-state index contributed by atoms with van der Waals surface area (Å²) >= 11 is 5.79. The Hall–Kier alpha value is -0.660. The Morgan fingerprint density at radius 1 is 1.32 bits per heavy atom. The van der Waals surface area contributed by atoms with Gasteiger partial charge in [-0.15, -0.1) is 0 Å². The van der Waals surface area contributed by atoms with Gasteiger partial charge in [-0.05, 0) is 37.1 Å². The standard InChI is InChI=1S/C12H18ClNO4S/c1-3-12(7-15,8-16)14-19(17,18)11-5-4-10(13)6-9(11)2/h4-6,14-16H,3,7-8H2,1-2H3. The van der Waals surface area contributed by atoms with Crippen molar-refractivity contribution in [2.45, 2.75) is 30.7 Å². The number of sulfonamides is 1. The number of rotatable bonds is 6. The summed E-state index contributed by atoms with van der Waals surface area (Å²) in [5.74, 6) is 0. The molecule has 1 rings (SSSR count). The summed E-state index contributed by atoms with van der Waals surface area (Å²) in [6, 6.07) is 4.42. The SMILES string of the molecule is CCC(CO)(CO)NS(=O)(=O)c1ccc(Cl)cc1C. The van der Waals surface area contributed by atoms with Crippen LogP contribution < -0.4 is 4.72 Å². The van der Waals surface area contributed by atoms with E-state index in [0.717, 1.165) is 0 Å². The molecule has 0 unspecified atom stereocenters. The molecule has 3 N–H and O–H groups in total. The molecular formula is C12H18ClNO4S. The van der Waals surface area contributed by atoms with E-state index in [0.29, 0.717) is 10.6 Å². The van der Waals surface area contributed by atoms with Crippen LogP contribution in [0.2, 0.25) is 5.02 Å². The maximum Gasteiger partial charge on any atom is 0.241 e. The minimum atomic E-state index is -3.83. The zero-order valence-electron chi connectivity index (χ0n) is 10.9. The third kappa shape index (κ3) is 3.67. The maximum atomic E-state index is 12.3. The Labute approximate surface area is 118 Å². The van der Waals surface area contributed by atoms with Crippen LogP contribution in [0.25, 0.3) is 0 Å². The Morgan fingerprint density at radius 2 is 1.89 bits per heavy atom. The second-order valence-corrected chi connectivity index (χ2v) is 6.55. The summed E-state index contributed by atoms with van der Waals surface area (Å²) in [5.41, 5.74) is -0.758. The van der Waals surface area contributed by atoms with Crippen molar-refractivity contribution in [1.82, 2.24) is 4.72 Å². The first-order valence-electron chi connectivity index (χ1n) is 5.82. The molecule has 0 heterocycles. The third-order valence-corrected chi connectivity index (χ3v) is 5.03. The monoisotopic (exact) mass is 307 g/mol. The fourth-order valence-corrected chi connectivity index (χ4v) is 3.57. The van der Waals surface area contributed by atoms with Crippen molar-refractivity contribution in [2.24, 2.45) is 0 Å². The normalized spacial score (nSPS) is 12.7. The second kappa shape index (κ2) is 6.19. The molecule has 0 aliphatic heterocycles. The lowest BCUT2D eigenvalue weighted by Crippen LogP contribution is -2.53. The smallest absolute Gasteiger partial charge is 0.241 e. The molecule has 5 nitrogen and oxygen atoms in total. The van der Waals surface area contributed by atoms with Gasteiger partial charge in [0.1, 0.15) is 0 Å². The average molecular weight is 308 g/mol. The van der Waals surface area contributed by atoms with Crippen LogP contribution in [0.4, 0.5) is 0 Å². The summed E-state index contributed by atoms with van der Waals surface area (Å²) in [6.07, 6.45) is 0.270. The highest BCUT2D eigenvalue weighted by Crippen LogP contribution is 2.22. The van der Waals surface area contributed by atoms with Crippen LogP contribution in [0.15, 0.2) is 23.1 Å². The largest absolute Gasteiger partial charge is 0.394 e. The molecule has 0 aliphatic carbocycles. The van der Waals surface area contributed by atoms with Crippen LogP contribution in [0, 0.1) is 6.92 Å². The number of hydrogen-bond acceptors (Lipinski definition) is 4. The Morgan fingerprint density at radius 3 is 2.32 bits per heavy atom. The minimum absolute atomic E-state index is 0.0802. The van der Waals surface area contributed by atoms with Crippen LogP contribution in [0.1, 0.15) is 18.9 Å². The first-order valence-corrected chi connectivity index (χ1v) is 7.68. The summed E-state index contributed by atoms with van der Waals surface area (Å²) in [4.78, 5) is 0.0802. The van der Waals surface area contributed by atoms with Gasteiger partial charge in [-0.1, -0.05) is 18.5 Å². The fraction of sp³-hybridized carbons (Fsp3) is 0.500. The average Bonchev–Trinajstić information content (AvgIpc) is 2.35. The van der Waals surface area contributed by atoms with Crippen LogP contribution in [0.3, 0.4) is 0 Å². The van der Waals surface area contributed by atoms with Crippen LogP contribution >= 0.6 is 11.6 Å². The van der Waals surface area contributed by atoms with Gasteiger partial charge < -0.3 is 10.2 Å². The fourth-order valence-electron chi connectivity index (χ4n) is 1.66. The zero-order chi connectivity index (χ0) is 14.7. The number of aryl methyl sites for hydroxylation is 1. The third-order valence-electron chi connectivity index (χ3n) is 3.06. The molecule has 0 atom stereocenters. The second-order valence-electron chi connectivity index (χ2n) is 4.47. The van der Waals surface area contributed by atoms with E-state index in [1.54, 1.807) is 19.9 Å². The molecular weight excluding hydrogens is 290 g/mol.